The van der Waals surface area contributed by atoms with E-state index in [1.54, 1.807) is 38.4 Å². The molecule has 166 valence electrons. The van der Waals surface area contributed by atoms with Crippen LogP contribution in [-0.2, 0) is 4.74 Å². The average molecular weight is 528 g/mol. The molecule has 8 heteroatoms. The number of fused-ring (bicyclic) bond motifs is 1. The standard InChI is InChI=1S/C22H32N4O3.HI/c1-21(2)17(14-22(21,3)29-5)25-20(23-4)24-12-8-9-13-26-18(27)15-10-6-7-11-16(15)19(26)28;/h6-7,10-11,17H,8-9,12-14H2,1-5H3,(H2,23,24,25);1H. The van der Waals surface area contributed by atoms with Crippen molar-refractivity contribution in [1.29, 1.82) is 0 Å². The van der Waals surface area contributed by atoms with Crippen molar-refractivity contribution in [1.82, 2.24) is 15.5 Å². The molecule has 7 nitrogen and oxygen atoms in total. The molecular weight excluding hydrogens is 495 g/mol. The number of amides is 2. The first-order chi connectivity index (χ1) is 13.7. The van der Waals surface area contributed by atoms with Gasteiger partial charge in [0.1, 0.15) is 0 Å². The molecule has 2 N–H and O–H groups in total. The van der Waals surface area contributed by atoms with Crippen LogP contribution in [0.15, 0.2) is 29.3 Å². The van der Waals surface area contributed by atoms with Crippen LogP contribution in [0, 0.1) is 5.41 Å². The van der Waals surface area contributed by atoms with Crippen LogP contribution in [0.5, 0.6) is 0 Å². The summed E-state index contributed by atoms with van der Waals surface area (Å²) in [5.74, 6) is 0.385. The number of hydrogen-bond acceptors (Lipinski definition) is 4. The average Bonchev–Trinajstić information content (AvgIpc) is 2.96. The number of rotatable bonds is 7. The number of unbranched alkanes of at least 4 members (excludes halogenated alkanes) is 1. The Bertz CT molecular complexity index is 791. The largest absolute Gasteiger partial charge is 0.378 e. The molecule has 1 saturated carbocycles. The van der Waals surface area contributed by atoms with E-state index in [2.05, 4.69) is 36.4 Å². The number of hydrogen-bond donors (Lipinski definition) is 2. The van der Waals surface area contributed by atoms with Gasteiger partial charge in [-0.1, -0.05) is 26.0 Å². The van der Waals surface area contributed by atoms with Crippen molar-refractivity contribution in [3.63, 3.8) is 0 Å². The number of carbonyl (C=O) groups excluding carboxylic acids is 2. The second-order valence-corrected chi connectivity index (χ2v) is 8.57. The Morgan fingerprint density at radius 1 is 1.17 bits per heavy atom. The minimum atomic E-state index is -0.190. The molecule has 0 aromatic heterocycles. The fraction of sp³-hybridized carbons (Fsp3) is 0.591. The van der Waals surface area contributed by atoms with Gasteiger partial charge < -0.3 is 15.4 Å². The van der Waals surface area contributed by atoms with E-state index in [-0.39, 0.29) is 52.8 Å². The monoisotopic (exact) mass is 528 g/mol. The number of carbonyl (C=O) groups is 2. The van der Waals surface area contributed by atoms with Crippen LogP contribution in [0.1, 0.15) is 60.7 Å². The minimum Gasteiger partial charge on any atom is -0.378 e. The summed E-state index contributed by atoms with van der Waals surface area (Å²) in [5.41, 5.74) is 0.888. The Labute approximate surface area is 196 Å². The SMILES string of the molecule is CN=C(NCCCCN1C(=O)c2ccccc2C1=O)NC1CC(C)(OC)C1(C)C.I. The predicted octanol–water partition coefficient (Wildman–Crippen LogP) is 3.05. The Kier molecular flexibility index (Phi) is 7.90. The highest BCUT2D eigenvalue weighted by atomic mass is 127. The molecule has 2 amide bonds. The van der Waals surface area contributed by atoms with Crippen molar-refractivity contribution >= 4 is 41.8 Å². The van der Waals surface area contributed by atoms with Crippen molar-refractivity contribution < 1.29 is 14.3 Å². The number of benzene rings is 1. The molecule has 2 aliphatic rings. The topological polar surface area (TPSA) is 83.0 Å². The lowest BCUT2D eigenvalue weighted by atomic mass is 9.56. The highest BCUT2D eigenvalue weighted by Gasteiger charge is 2.58. The Morgan fingerprint density at radius 2 is 1.77 bits per heavy atom. The van der Waals surface area contributed by atoms with Gasteiger partial charge in [0.05, 0.1) is 16.7 Å². The molecule has 1 aliphatic carbocycles. The second kappa shape index (κ2) is 9.64. The number of imide groups is 1. The first-order valence-electron chi connectivity index (χ1n) is 10.2. The Hall–Kier alpha value is -1.68. The molecule has 1 fully saturated rings. The molecular formula is C22H33IN4O3. The van der Waals surface area contributed by atoms with Crippen LogP contribution in [0.4, 0.5) is 0 Å². The maximum Gasteiger partial charge on any atom is 0.261 e. The highest BCUT2D eigenvalue weighted by molar-refractivity contribution is 14.0. The number of halogens is 1. The summed E-state index contributed by atoms with van der Waals surface area (Å²) in [6.07, 6.45) is 2.50. The number of methoxy groups -OCH3 is 1. The van der Waals surface area contributed by atoms with Gasteiger partial charge in [0, 0.05) is 38.7 Å². The number of aliphatic imine (C=N–C) groups is 1. The summed E-state index contributed by atoms with van der Waals surface area (Å²) in [6.45, 7) is 7.69. The van der Waals surface area contributed by atoms with Gasteiger partial charge in [-0.15, -0.1) is 24.0 Å². The van der Waals surface area contributed by atoms with Gasteiger partial charge in [0.25, 0.3) is 11.8 Å². The summed E-state index contributed by atoms with van der Waals surface area (Å²) in [5, 5.41) is 6.81. The minimum absolute atomic E-state index is 0. The molecule has 0 radical (unpaired) electrons. The van der Waals surface area contributed by atoms with Crippen LogP contribution in [-0.4, -0.2) is 61.6 Å². The van der Waals surface area contributed by atoms with E-state index in [0.717, 1.165) is 31.8 Å². The molecule has 1 aromatic rings. The van der Waals surface area contributed by atoms with Crippen LogP contribution in [0.25, 0.3) is 0 Å². The molecule has 3 rings (SSSR count). The molecule has 1 aromatic carbocycles. The smallest absolute Gasteiger partial charge is 0.261 e. The first kappa shape index (κ1) is 24.6. The molecule has 2 unspecified atom stereocenters. The molecule has 0 spiro atoms. The van der Waals surface area contributed by atoms with E-state index in [4.69, 9.17) is 4.74 Å². The summed E-state index contributed by atoms with van der Waals surface area (Å²) in [6, 6.07) is 7.28. The van der Waals surface area contributed by atoms with E-state index in [1.165, 1.54) is 4.90 Å². The lowest BCUT2D eigenvalue weighted by Gasteiger charge is -2.59. The number of guanidine groups is 1. The third-order valence-corrected chi connectivity index (χ3v) is 6.79. The number of nitrogens with zero attached hydrogens (tertiary/aromatic N) is 2. The predicted molar refractivity (Wildman–Crippen MR) is 129 cm³/mol. The first-order valence-corrected chi connectivity index (χ1v) is 10.2. The van der Waals surface area contributed by atoms with Gasteiger partial charge in [0.15, 0.2) is 5.96 Å². The number of nitrogens with one attached hydrogen (secondary N) is 2. The summed E-state index contributed by atoms with van der Waals surface area (Å²) >= 11 is 0. The van der Waals surface area contributed by atoms with Crippen LogP contribution < -0.4 is 10.6 Å². The zero-order chi connectivity index (χ0) is 21.2. The molecule has 2 atom stereocenters. The maximum atomic E-state index is 12.4. The molecule has 0 bridgehead atoms. The van der Waals surface area contributed by atoms with Crippen molar-refractivity contribution in [2.24, 2.45) is 10.4 Å². The molecule has 1 heterocycles. The van der Waals surface area contributed by atoms with Gasteiger partial charge in [-0.2, -0.15) is 0 Å². The molecule has 30 heavy (non-hydrogen) atoms. The van der Waals surface area contributed by atoms with E-state index >= 15 is 0 Å². The van der Waals surface area contributed by atoms with Gasteiger partial charge in [-0.3, -0.25) is 19.5 Å². The highest BCUT2D eigenvalue weighted by Crippen LogP contribution is 2.51. The zero-order valence-electron chi connectivity index (χ0n) is 18.4. The third kappa shape index (κ3) is 4.34. The fourth-order valence-electron chi connectivity index (χ4n) is 4.13. The lowest BCUT2D eigenvalue weighted by Crippen LogP contribution is -2.69. The molecule has 1 aliphatic heterocycles. The van der Waals surface area contributed by atoms with Crippen molar-refractivity contribution in [3.05, 3.63) is 35.4 Å². The van der Waals surface area contributed by atoms with Gasteiger partial charge >= 0.3 is 0 Å². The Morgan fingerprint density at radius 3 is 2.27 bits per heavy atom. The van der Waals surface area contributed by atoms with Crippen molar-refractivity contribution in [3.8, 4) is 0 Å². The van der Waals surface area contributed by atoms with Crippen molar-refractivity contribution in [2.75, 3.05) is 27.2 Å². The van der Waals surface area contributed by atoms with Crippen molar-refractivity contribution in [2.45, 2.75) is 51.7 Å². The van der Waals surface area contributed by atoms with Gasteiger partial charge in [-0.25, -0.2) is 0 Å². The van der Waals surface area contributed by atoms with E-state index in [9.17, 15) is 9.59 Å². The van der Waals surface area contributed by atoms with E-state index in [1.807, 2.05) is 0 Å². The second-order valence-electron chi connectivity index (χ2n) is 8.57. The fourth-order valence-corrected chi connectivity index (χ4v) is 4.13. The lowest BCUT2D eigenvalue weighted by molar-refractivity contribution is -0.176. The molecule has 0 saturated heterocycles. The number of ether oxygens (including phenoxy) is 1. The van der Waals surface area contributed by atoms with Crippen LogP contribution >= 0.6 is 24.0 Å². The van der Waals surface area contributed by atoms with E-state index in [0.29, 0.717) is 17.7 Å². The quantitative estimate of drug-likeness (QED) is 0.187. The maximum absolute atomic E-state index is 12.4. The third-order valence-electron chi connectivity index (χ3n) is 6.79. The van der Waals surface area contributed by atoms with Gasteiger partial charge in [0.2, 0.25) is 0 Å². The van der Waals surface area contributed by atoms with Gasteiger partial charge in [-0.05, 0) is 38.3 Å². The summed E-state index contributed by atoms with van der Waals surface area (Å²) in [4.78, 5) is 30.4. The zero-order valence-corrected chi connectivity index (χ0v) is 20.8. The van der Waals surface area contributed by atoms with Crippen LogP contribution in [0.2, 0.25) is 0 Å². The summed E-state index contributed by atoms with van der Waals surface area (Å²) in [7, 11) is 3.52. The summed E-state index contributed by atoms with van der Waals surface area (Å²) < 4.78 is 5.68. The normalized spacial score (nSPS) is 24.8. The van der Waals surface area contributed by atoms with Crippen LogP contribution in [0.3, 0.4) is 0 Å². The van der Waals surface area contributed by atoms with E-state index < -0.39 is 0 Å². The Balaban J connectivity index is 0.00000320.